The number of carbonyl (C=O) groups is 1. The van der Waals surface area contributed by atoms with Gasteiger partial charge in [-0.05, 0) is 43.5 Å². The van der Waals surface area contributed by atoms with E-state index >= 15 is 0 Å². The summed E-state index contributed by atoms with van der Waals surface area (Å²) < 4.78 is 32.4. The highest BCUT2D eigenvalue weighted by atomic mass is 35.5. The molecule has 0 aromatic heterocycles. The Bertz CT molecular complexity index is 1070. The molecule has 0 fully saturated rings. The number of ether oxygens (including phenoxy) is 1. The minimum absolute atomic E-state index is 0.265. The fourth-order valence-corrected chi connectivity index (χ4v) is 5.12. The van der Waals surface area contributed by atoms with E-state index in [9.17, 15) is 13.2 Å². The van der Waals surface area contributed by atoms with Gasteiger partial charge in [-0.15, -0.1) is 0 Å². The van der Waals surface area contributed by atoms with Crippen molar-refractivity contribution in [2.75, 3.05) is 17.1 Å². The van der Waals surface area contributed by atoms with E-state index in [-0.39, 0.29) is 24.1 Å². The van der Waals surface area contributed by atoms with E-state index in [4.69, 9.17) is 16.3 Å². The molecule has 1 aliphatic heterocycles. The number of amides is 1. The summed E-state index contributed by atoms with van der Waals surface area (Å²) in [5.41, 5.74) is 1.54. The molecule has 0 saturated heterocycles. The highest BCUT2D eigenvalue weighted by Gasteiger charge is 2.39. The van der Waals surface area contributed by atoms with Gasteiger partial charge in [0.15, 0.2) is 0 Å². The van der Waals surface area contributed by atoms with Crippen molar-refractivity contribution in [3.8, 4) is 5.75 Å². The number of carbonyl (C=O) groups excluding carboxylic acids is 1. The second-order valence-corrected chi connectivity index (χ2v) is 10.3. The SMILES string of the molecule is CCC1(CC)C[C@H](NC(=O)CN(c2cccc(Cl)c2C)S(C)(=O)=O)c2ccccc2O1. The van der Waals surface area contributed by atoms with Crippen molar-refractivity contribution in [2.45, 2.75) is 51.7 Å². The first-order chi connectivity index (χ1) is 14.6. The number of hydrogen-bond donors (Lipinski definition) is 1. The second-order valence-electron chi connectivity index (χ2n) is 8.01. The smallest absolute Gasteiger partial charge is 0.241 e. The number of halogens is 1. The first-order valence-corrected chi connectivity index (χ1v) is 12.6. The molecule has 6 nitrogen and oxygen atoms in total. The predicted octanol–water partition coefficient (Wildman–Crippen LogP) is 4.61. The zero-order chi connectivity index (χ0) is 22.8. The molecule has 0 saturated carbocycles. The van der Waals surface area contributed by atoms with Gasteiger partial charge in [0, 0.05) is 17.0 Å². The average Bonchev–Trinajstić information content (AvgIpc) is 2.73. The monoisotopic (exact) mass is 464 g/mol. The molecule has 31 heavy (non-hydrogen) atoms. The molecule has 1 aliphatic rings. The first kappa shape index (κ1) is 23.4. The van der Waals surface area contributed by atoms with E-state index in [1.54, 1.807) is 25.1 Å². The highest BCUT2D eigenvalue weighted by molar-refractivity contribution is 7.92. The molecule has 0 radical (unpaired) electrons. The Kier molecular flexibility index (Phi) is 6.86. The Hall–Kier alpha value is -2.25. The molecule has 0 unspecified atom stereocenters. The lowest BCUT2D eigenvalue weighted by Gasteiger charge is -2.41. The Morgan fingerprint density at radius 3 is 2.52 bits per heavy atom. The number of benzene rings is 2. The third-order valence-electron chi connectivity index (χ3n) is 6.02. The van der Waals surface area contributed by atoms with Crippen LogP contribution in [-0.2, 0) is 14.8 Å². The topological polar surface area (TPSA) is 75.7 Å². The minimum Gasteiger partial charge on any atom is -0.487 e. The zero-order valence-corrected chi connectivity index (χ0v) is 19.9. The van der Waals surface area contributed by atoms with Gasteiger partial charge in [-0.1, -0.05) is 49.7 Å². The number of nitrogens with one attached hydrogen (secondary N) is 1. The van der Waals surface area contributed by atoms with Gasteiger partial charge in [0.2, 0.25) is 15.9 Å². The van der Waals surface area contributed by atoms with E-state index in [1.165, 1.54) is 0 Å². The Morgan fingerprint density at radius 1 is 1.19 bits per heavy atom. The maximum atomic E-state index is 13.0. The number of nitrogens with zero attached hydrogens (tertiary/aromatic N) is 1. The molecule has 0 bridgehead atoms. The van der Waals surface area contributed by atoms with Crippen molar-refractivity contribution in [3.05, 3.63) is 58.6 Å². The fourth-order valence-electron chi connectivity index (χ4n) is 4.05. The van der Waals surface area contributed by atoms with E-state index in [1.807, 2.05) is 24.3 Å². The number of para-hydroxylation sites is 1. The van der Waals surface area contributed by atoms with Gasteiger partial charge >= 0.3 is 0 Å². The molecule has 1 N–H and O–H groups in total. The van der Waals surface area contributed by atoms with Crippen LogP contribution in [0.2, 0.25) is 5.02 Å². The summed E-state index contributed by atoms with van der Waals surface area (Å²) in [7, 11) is -3.70. The van der Waals surface area contributed by atoms with E-state index in [0.717, 1.165) is 34.7 Å². The third kappa shape index (κ3) is 4.99. The van der Waals surface area contributed by atoms with Crippen LogP contribution < -0.4 is 14.4 Å². The van der Waals surface area contributed by atoms with Crippen molar-refractivity contribution < 1.29 is 17.9 Å². The van der Waals surface area contributed by atoms with Gasteiger partial charge in [-0.2, -0.15) is 0 Å². The number of hydrogen-bond acceptors (Lipinski definition) is 4. The fraction of sp³-hybridized carbons (Fsp3) is 0.435. The van der Waals surface area contributed by atoms with Gasteiger partial charge in [-0.25, -0.2) is 8.42 Å². The quantitative estimate of drug-likeness (QED) is 0.649. The van der Waals surface area contributed by atoms with E-state index < -0.39 is 10.0 Å². The number of fused-ring (bicyclic) bond motifs is 1. The van der Waals surface area contributed by atoms with Crippen molar-refractivity contribution in [3.63, 3.8) is 0 Å². The summed E-state index contributed by atoms with van der Waals surface area (Å²) in [5.74, 6) is 0.376. The molecule has 2 aromatic carbocycles. The molecule has 1 atom stereocenters. The Labute approximate surface area is 189 Å². The molecule has 3 rings (SSSR count). The van der Waals surface area contributed by atoms with Crippen molar-refractivity contribution >= 4 is 33.2 Å². The Morgan fingerprint density at radius 2 is 1.87 bits per heavy atom. The molecule has 1 amide bonds. The molecule has 168 valence electrons. The molecule has 1 heterocycles. The summed E-state index contributed by atoms with van der Waals surface area (Å²) in [6.45, 7) is 5.55. The minimum atomic E-state index is -3.70. The van der Waals surface area contributed by atoms with Crippen LogP contribution in [0.1, 0.15) is 50.3 Å². The lowest BCUT2D eigenvalue weighted by molar-refractivity contribution is -0.121. The first-order valence-electron chi connectivity index (χ1n) is 10.4. The van der Waals surface area contributed by atoms with Crippen molar-refractivity contribution in [1.82, 2.24) is 5.32 Å². The Balaban J connectivity index is 1.88. The molecule has 0 aliphatic carbocycles. The lowest BCUT2D eigenvalue weighted by atomic mass is 9.83. The van der Waals surface area contributed by atoms with Gasteiger partial charge in [0.1, 0.15) is 17.9 Å². The summed E-state index contributed by atoms with van der Waals surface area (Å²) in [4.78, 5) is 13.0. The second kappa shape index (κ2) is 9.09. The highest BCUT2D eigenvalue weighted by Crippen LogP contribution is 2.42. The largest absolute Gasteiger partial charge is 0.487 e. The number of anilines is 1. The maximum absolute atomic E-state index is 13.0. The van der Waals surface area contributed by atoms with E-state index in [0.29, 0.717) is 22.7 Å². The standard InChI is InChI=1S/C23H29ClN2O4S/c1-5-23(6-2)14-19(17-10-7-8-13-21(17)30-23)25-22(27)15-26(31(4,28)29)20-12-9-11-18(24)16(20)3/h7-13,19H,5-6,14-15H2,1-4H3,(H,25,27)/t19-/m0/s1. The predicted molar refractivity (Wildman–Crippen MR) is 124 cm³/mol. The summed E-state index contributed by atoms with van der Waals surface area (Å²) in [5, 5.41) is 3.49. The maximum Gasteiger partial charge on any atom is 0.241 e. The molecular formula is C23H29ClN2O4S. The van der Waals surface area contributed by atoms with Crippen LogP contribution in [-0.4, -0.2) is 32.7 Å². The van der Waals surface area contributed by atoms with E-state index in [2.05, 4.69) is 19.2 Å². The third-order valence-corrected chi connectivity index (χ3v) is 7.55. The summed E-state index contributed by atoms with van der Waals surface area (Å²) in [6, 6.07) is 12.4. The van der Waals surface area contributed by atoms with Crippen LogP contribution >= 0.6 is 11.6 Å². The molecular weight excluding hydrogens is 436 g/mol. The van der Waals surface area contributed by atoms with Crippen molar-refractivity contribution in [2.24, 2.45) is 0 Å². The van der Waals surface area contributed by atoms with Crippen LogP contribution in [0.25, 0.3) is 0 Å². The zero-order valence-electron chi connectivity index (χ0n) is 18.3. The van der Waals surface area contributed by atoms with Gasteiger partial charge in [-0.3, -0.25) is 9.10 Å². The van der Waals surface area contributed by atoms with Crippen LogP contribution in [0.3, 0.4) is 0 Å². The molecule has 2 aromatic rings. The van der Waals surface area contributed by atoms with Gasteiger partial charge in [0.25, 0.3) is 0 Å². The van der Waals surface area contributed by atoms with Crippen LogP contribution in [0.4, 0.5) is 5.69 Å². The van der Waals surface area contributed by atoms with Crippen LogP contribution in [0, 0.1) is 6.92 Å². The number of sulfonamides is 1. The summed E-state index contributed by atoms with van der Waals surface area (Å²) >= 11 is 6.18. The molecule has 0 spiro atoms. The van der Waals surface area contributed by atoms with Crippen LogP contribution in [0.15, 0.2) is 42.5 Å². The van der Waals surface area contributed by atoms with Gasteiger partial charge in [0.05, 0.1) is 18.0 Å². The summed E-state index contributed by atoms with van der Waals surface area (Å²) in [6.07, 6.45) is 3.32. The van der Waals surface area contributed by atoms with Gasteiger partial charge < -0.3 is 10.1 Å². The van der Waals surface area contributed by atoms with Crippen molar-refractivity contribution in [1.29, 1.82) is 0 Å². The van der Waals surface area contributed by atoms with Crippen LogP contribution in [0.5, 0.6) is 5.75 Å². The molecule has 8 heteroatoms. The number of rotatable bonds is 7. The normalized spacial score (nSPS) is 17.4. The lowest BCUT2D eigenvalue weighted by Crippen LogP contribution is -2.47. The average molecular weight is 465 g/mol.